The van der Waals surface area contributed by atoms with Crippen LogP contribution in [0.2, 0.25) is 0 Å². The minimum atomic E-state index is 0.341. The van der Waals surface area contributed by atoms with Gasteiger partial charge in [0.05, 0.1) is 5.71 Å². The molecule has 0 unspecified atom stereocenters. The molecule has 0 saturated carbocycles. The number of nitrogens with zero attached hydrogens (tertiary/aromatic N) is 4. The number of aromatic nitrogens is 3. The Labute approximate surface area is 93.1 Å². The van der Waals surface area contributed by atoms with Gasteiger partial charge < -0.3 is 5.73 Å². The van der Waals surface area contributed by atoms with Crippen molar-refractivity contribution in [1.82, 2.24) is 14.9 Å². The molecule has 1 aromatic heterocycles. The normalized spacial score (nSPS) is 15.3. The van der Waals surface area contributed by atoms with Gasteiger partial charge in [-0.2, -0.15) is 9.78 Å². The quantitative estimate of drug-likeness (QED) is 0.835. The molecule has 0 radical (unpaired) electrons. The Balaban J connectivity index is 2.33. The molecule has 0 amide bonds. The minimum Gasteiger partial charge on any atom is -0.330 e. The molecule has 0 bridgehead atoms. The van der Waals surface area contributed by atoms with Gasteiger partial charge in [0.25, 0.3) is 0 Å². The van der Waals surface area contributed by atoms with Gasteiger partial charge in [0.2, 0.25) is 5.16 Å². The van der Waals surface area contributed by atoms with Crippen LogP contribution in [0.5, 0.6) is 0 Å². The van der Waals surface area contributed by atoms with E-state index >= 15 is 0 Å². The maximum Gasteiger partial charge on any atom is 0.212 e. The summed E-state index contributed by atoms with van der Waals surface area (Å²) in [4.78, 5) is 0. The number of fused-ring (bicyclic) bond motifs is 1. The molecule has 82 valence electrons. The highest BCUT2D eigenvalue weighted by molar-refractivity contribution is 7.99. The lowest BCUT2D eigenvalue weighted by Crippen LogP contribution is -2.17. The zero-order chi connectivity index (χ0) is 10.8. The van der Waals surface area contributed by atoms with Gasteiger partial charge in [0, 0.05) is 18.1 Å². The molecule has 0 saturated heterocycles. The Morgan fingerprint density at radius 2 is 2.27 bits per heavy atom. The summed E-state index contributed by atoms with van der Waals surface area (Å²) in [5.41, 5.74) is 6.64. The second-order valence-corrected chi connectivity index (χ2v) is 4.74. The van der Waals surface area contributed by atoms with Gasteiger partial charge in [0.1, 0.15) is 0 Å². The van der Waals surface area contributed by atoms with Gasteiger partial charge in [-0.25, -0.2) is 0 Å². The Kier molecular flexibility index (Phi) is 3.06. The molecular formula is C9H15N5S. The largest absolute Gasteiger partial charge is 0.330 e. The van der Waals surface area contributed by atoms with E-state index in [1.165, 1.54) is 0 Å². The zero-order valence-corrected chi connectivity index (χ0v) is 9.79. The summed E-state index contributed by atoms with van der Waals surface area (Å²) >= 11 is 1.68. The van der Waals surface area contributed by atoms with Crippen molar-refractivity contribution < 1.29 is 0 Å². The Bertz CT molecular complexity index is 382. The number of rotatable bonds is 3. The van der Waals surface area contributed by atoms with Gasteiger partial charge in [0.15, 0.2) is 5.82 Å². The van der Waals surface area contributed by atoms with Crippen LogP contribution in [0.3, 0.4) is 0 Å². The fraction of sp³-hybridized carbons (Fsp3) is 0.667. The van der Waals surface area contributed by atoms with Crippen LogP contribution in [0.1, 0.15) is 32.0 Å². The lowest BCUT2D eigenvalue weighted by Gasteiger charge is -2.13. The average molecular weight is 225 g/mol. The lowest BCUT2D eigenvalue weighted by molar-refractivity contribution is 0.659. The summed E-state index contributed by atoms with van der Waals surface area (Å²) in [6, 6.07) is 0. The first-order valence-corrected chi connectivity index (χ1v) is 6.06. The van der Waals surface area contributed by atoms with Crippen LogP contribution in [0.4, 0.5) is 0 Å². The lowest BCUT2D eigenvalue weighted by atomic mass is 10.2. The third-order valence-electron chi connectivity index (χ3n) is 2.19. The van der Waals surface area contributed by atoms with Crippen molar-refractivity contribution in [1.29, 1.82) is 0 Å². The van der Waals surface area contributed by atoms with Gasteiger partial charge in [-0.3, -0.25) is 0 Å². The molecule has 1 aromatic rings. The monoisotopic (exact) mass is 225 g/mol. The van der Waals surface area contributed by atoms with E-state index in [0.29, 0.717) is 12.5 Å². The van der Waals surface area contributed by atoms with E-state index in [2.05, 4.69) is 29.1 Å². The molecule has 0 aliphatic carbocycles. The standard InChI is InChI=1S/C9H15N5S/c1-6(2)8-11-12-9-14(8)13-7(3-4-10)5-15-9/h6H,3-5,10H2,1-2H3. The third-order valence-corrected chi connectivity index (χ3v) is 3.19. The van der Waals surface area contributed by atoms with E-state index < -0.39 is 0 Å². The van der Waals surface area contributed by atoms with Gasteiger partial charge in [-0.15, -0.1) is 10.2 Å². The number of thioether (sulfide) groups is 1. The number of nitrogens with two attached hydrogens (primary N) is 1. The molecule has 0 spiro atoms. The molecule has 5 nitrogen and oxygen atoms in total. The molecule has 1 aliphatic heterocycles. The Hall–Kier alpha value is -0.880. The first-order valence-electron chi connectivity index (χ1n) is 5.07. The molecule has 0 fully saturated rings. The highest BCUT2D eigenvalue weighted by Gasteiger charge is 2.19. The van der Waals surface area contributed by atoms with Crippen LogP contribution in [0.25, 0.3) is 0 Å². The van der Waals surface area contributed by atoms with E-state index in [1.807, 2.05) is 4.68 Å². The summed E-state index contributed by atoms with van der Waals surface area (Å²) in [6.45, 7) is 4.83. The van der Waals surface area contributed by atoms with E-state index in [9.17, 15) is 0 Å². The topological polar surface area (TPSA) is 69.1 Å². The molecule has 6 heteroatoms. The molecule has 1 aliphatic rings. The minimum absolute atomic E-state index is 0.341. The van der Waals surface area contributed by atoms with Crippen LogP contribution in [-0.4, -0.2) is 32.9 Å². The van der Waals surface area contributed by atoms with Gasteiger partial charge in [-0.05, 0) is 6.54 Å². The summed E-state index contributed by atoms with van der Waals surface area (Å²) in [6.07, 6.45) is 0.849. The Morgan fingerprint density at radius 1 is 1.47 bits per heavy atom. The fourth-order valence-corrected chi connectivity index (χ4v) is 2.28. The molecule has 0 aromatic carbocycles. The van der Waals surface area contributed by atoms with Crippen molar-refractivity contribution in [3.05, 3.63) is 5.82 Å². The smallest absolute Gasteiger partial charge is 0.212 e. The SMILES string of the molecule is CC(C)c1nnc2n1N=C(CCN)CS2. The van der Waals surface area contributed by atoms with Crippen molar-refractivity contribution in [2.75, 3.05) is 12.3 Å². The van der Waals surface area contributed by atoms with Crippen LogP contribution in [0.15, 0.2) is 10.3 Å². The Morgan fingerprint density at radius 3 is 2.93 bits per heavy atom. The van der Waals surface area contributed by atoms with Crippen molar-refractivity contribution in [3.63, 3.8) is 0 Å². The molecule has 2 rings (SSSR count). The van der Waals surface area contributed by atoms with E-state index in [-0.39, 0.29) is 0 Å². The fourth-order valence-electron chi connectivity index (χ4n) is 1.43. The molecule has 0 atom stereocenters. The zero-order valence-electron chi connectivity index (χ0n) is 8.97. The predicted molar refractivity (Wildman–Crippen MR) is 61.3 cm³/mol. The maximum atomic E-state index is 5.52. The van der Waals surface area contributed by atoms with Crippen molar-refractivity contribution in [3.8, 4) is 0 Å². The molecule has 2 heterocycles. The highest BCUT2D eigenvalue weighted by Crippen LogP contribution is 2.25. The van der Waals surface area contributed by atoms with Gasteiger partial charge >= 0.3 is 0 Å². The average Bonchev–Trinajstić information content (AvgIpc) is 2.61. The van der Waals surface area contributed by atoms with E-state index in [0.717, 1.165) is 28.9 Å². The second kappa shape index (κ2) is 4.32. The molecular weight excluding hydrogens is 210 g/mol. The van der Waals surface area contributed by atoms with Crippen LogP contribution >= 0.6 is 11.8 Å². The number of hydrogen-bond acceptors (Lipinski definition) is 5. The van der Waals surface area contributed by atoms with Crippen molar-refractivity contribution >= 4 is 17.5 Å². The highest BCUT2D eigenvalue weighted by atomic mass is 32.2. The summed E-state index contributed by atoms with van der Waals surface area (Å²) in [5, 5.41) is 13.7. The second-order valence-electron chi connectivity index (χ2n) is 3.80. The third kappa shape index (κ3) is 2.05. The number of hydrogen-bond donors (Lipinski definition) is 1. The predicted octanol–water partition coefficient (Wildman–Crippen LogP) is 1.06. The van der Waals surface area contributed by atoms with Crippen LogP contribution in [0, 0.1) is 0 Å². The summed E-state index contributed by atoms with van der Waals surface area (Å²) < 4.78 is 1.85. The first-order chi connectivity index (χ1) is 7.22. The summed E-state index contributed by atoms with van der Waals surface area (Å²) in [5.74, 6) is 2.15. The first kappa shape index (κ1) is 10.6. The van der Waals surface area contributed by atoms with E-state index in [4.69, 9.17) is 5.73 Å². The maximum absolute atomic E-state index is 5.52. The van der Waals surface area contributed by atoms with Crippen LogP contribution in [-0.2, 0) is 0 Å². The summed E-state index contributed by atoms with van der Waals surface area (Å²) in [7, 11) is 0. The van der Waals surface area contributed by atoms with Crippen LogP contribution < -0.4 is 5.73 Å². The van der Waals surface area contributed by atoms with Crippen molar-refractivity contribution in [2.24, 2.45) is 10.8 Å². The van der Waals surface area contributed by atoms with E-state index in [1.54, 1.807) is 11.8 Å². The van der Waals surface area contributed by atoms with Gasteiger partial charge in [-0.1, -0.05) is 25.6 Å². The molecule has 15 heavy (non-hydrogen) atoms. The van der Waals surface area contributed by atoms with Crippen molar-refractivity contribution in [2.45, 2.75) is 31.3 Å². The molecule has 2 N–H and O–H groups in total.